The first kappa shape index (κ1) is 23.7. The van der Waals surface area contributed by atoms with Crippen molar-refractivity contribution in [2.45, 2.75) is 0 Å². The lowest BCUT2D eigenvalue weighted by Crippen LogP contribution is -2.34. The fourth-order valence-corrected chi connectivity index (χ4v) is 3.04. The summed E-state index contributed by atoms with van der Waals surface area (Å²) in [4.78, 5) is 36.5. The van der Waals surface area contributed by atoms with Gasteiger partial charge in [-0.05, 0) is 54.6 Å². The van der Waals surface area contributed by atoms with Gasteiger partial charge in [0, 0.05) is 15.6 Å². The van der Waals surface area contributed by atoms with Crippen LogP contribution in [0.25, 0.3) is 0 Å². The summed E-state index contributed by atoms with van der Waals surface area (Å²) < 4.78 is 11.2. The third kappa shape index (κ3) is 7.01. The summed E-state index contributed by atoms with van der Waals surface area (Å²) in [7, 11) is 1.53. The lowest BCUT2D eigenvalue weighted by atomic mass is 10.2. The van der Waals surface area contributed by atoms with Crippen LogP contribution < -0.4 is 20.2 Å². The predicted molar refractivity (Wildman–Crippen MR) is 127 cm³/mol. The Hall–Kier alpha value is -3.98. The molecule has 0 atom stereocenters. The van der Waals surface area contributed by atoms with Crippen LogP contribution in [0.5, 0.6) is 11.5 Å². The van der Waals surface area contributed by atoms with Crippen molar-refractivity contribution in [2.24, 2.45) is 5.10 Å². The van der Waals surface area contributed by atoms with Gasteiger partial charge in [-0.1, -0.05) is 34.1 Å². The van der Waals surface area contributed by atoms with E-state index in [0.717, 1.165) is 4.47 Å². The Balaban J connectivity index is 1.56. The Morgan fingerprint density at radius 3 is 2.39 bits per heavy atom. The summed E-state index contributed by atoms with van der Waals surface area (Å²) in [6, 6.07) is 20.1. The summed E-state index contributed by atoms with van der Waals surface area (Å²) in [5.74, 6) is -0.541. The maximum Gasteiger partial charge on any atom is 0.343 e. The van der Waals surface area contributed by atoms with Gasteiger partial charge in [0.25, 0.3) is 11.8 Å². The minimum absolute atomic E-state index is 0.267. The number of hydrogen-bond donors (Lipinski definition) is 2. The van der Waals surface area contributed by atoms with E-state index in [4.69, 9.17) is 9.47 Å². The molecular weight excluding hydrogens is 490 g/mol. The molecule has 0 bridgehead atoms. The molecule has 0 aliphatic heterocycles. The zero-order chi connectivity index (χ0) is 23.6. The topological polar surface area (TPSA) is 106 Å². The number of carbonyl (C=O) groups excluding carboxylic acids is 3. The lowest BCUT2D eigenvalue weighted by molar-refractivity contribution is -0.120. The van der Waals surface area contributed by atoms with E-state index < -0.39 is 17.8 Å². The number of esters is 1. The van der Waals surface area contributed by atoms with E-state index in [1.165, 1.54) is 13.3 Å². The molecule has 168 valence electrons. The Kier molecular flexibility index (Phi) is 8.31. The fourth-order valence-electron chi connectivity index (χ4n) is 2.66. The van der Waals surface area contributed by atoms with E-state index in [9.17, 15) is 14.4 Å². The van der Waals surface area contributed by atoms with Crippen molar-refractivity contribution in [3.8, 4) is 11.5 Å². The number of ether oxygens (including phenoxy) is 2. The van der Waals surface area contributed by atoms with Crippen LogP contribution in [0.4, 0.5) is 0 Å². The molecule has 0 radical (unpaired) electrons. The first-order valence-electron chi connectivity index (χ1n) is 9.77. The molecule has 0 heterocycles. The van der Waals surface area contributed by atoms with Gasteiger partial charge in [-0.3, -0.25) is 9.59 Å². The summed E-state index contributed by atoms with van der Waals surface area (Å²) in [5.41, 5.74) is 3.60. The van der Waals surface area contributed by atoms with Crippen molar-refractivity contribution in [1.82, 2.24) is 10.7 Å². The third-order valence-corrected chi connectivity index (χ3v) is 4.83. The number of nitrogens with zero attached hydrogens (tertiary/aromatic N) is 1. The number of amides is 2. The smallest absolute Gasteiger partial charge is 0.343 e. The highest BCUT2D eigenvalue weighted by Crippen LogP contribution is 2.23. The van der Waals surface area contributed by atoms with Crippen LogP contribution in [-0.2, 0) is 4.79 Å². The Morgan fingerprint density at radius 1 is 0.970 bits per heavy atom. The quantitative estimate of drug-likeness (QED) is 0.209. The second-order valence-electron chi connectivity index (χ2n) is 6.64. The van der Waals surface area contributed by atoms with E-state index >= 15 is 0 Å². The van der Waals surface area contributed by atoms with E-state index in [0.29, 0.717) is 22.4 Å². The molecule has 3 aromatic rings. The van der Waals surface area contributed by atoms with Gasteiger partial charge >= 0.3 is 5.97 Å². The van der Waals surface area contributed by atoms with E-state index in [2.05, 4.69) is 31.8 Å². The number of nitrogens with one attached hydrogen (secondary N) is 2. The molecule has 0 aromatic heterocycles. The molecule has 0 spiro atoms. The molecule has 3 rings (SSSR count). The highest BCUT2D eigenvalue weighted by atomic mass is 79.9. The lowest BCUT2D eigenvalue weighted by Gasteiger charge is -2.08. The van der Waals surface area contributed by atoms with Gasteiger partial charge in [0.15, 0.2) is 0 Å². The Morgan fingerprint density at radius 2 is 1.70 bits per heavy atom. The Labute approximate surface area is 198 Å². The maximum atomic E-state index is 12.3. The molecule has 33 heavy (non-hydrogen) atoms. The third-order valence-electron chi connectivity index (χ3n) is 4.34. The van der Waals surface area contributed by atoms with Gasteiger partial charge in [0.05, 0.1) is 25.4 Å². The summed E-state index contributed by atoms with van der Waals surface area (Å²) in [6.45, 7) is -0.267. The minimum atomic E-state index is -0.522. The number of halogens is 1. The van der Waals surface area contributed by atoms with Crippen molar-refractivity contribution in [1.29, 1.82) is 0 Å². The van der Waals surface area contributed by atoms with E-state index in [1.54, 1.807) is 72.8 Å². The highest BCUT2D eigenvalue weighted by molar-refractivity contribution is 9.10. The molecular formula is C24H20BrN3O5. The number of hydrogen-bond acceptors (Lipinski definition) is 6. The van der Waals surface area contributed by atoms with Gasteiger partial charge in [-0.2, -0.15) is 5.10 Å². The molecule has 9 heteroatoms. The second kappa shape index (κ2) is 11.6. The SMILES string of the molecule is COc1ccc(C(=O)NCC(=O)N/N=C/c2cc(Br)ccc2OC(=O)c2ccccc2)cc1. The number of benzene rings is 3. The molecule has 2 amide bonds. The number of methoxy groups -OCH3 is 1. The van der Waals surface area contributed by atoms with Crippen molar-refractivity contribution in [3.05, 3.63) is 94.0 Å². The van der Waals surface area contributed by atoms with Gasteiger partial charge in [0.1, 0.15) is 11.5 Å². The Bertz CT molecular complexity index is 1160. The molecule has 0 unspecified atom stereocenters. The van der Waals surface area contributed by atoms with Crippen LogP contribution in [-0.4, -0.2) is 37.7 Å². The average molecular weight is 510 g/mol. The average Bonchev–Trinajstić information content (AvgIpc) is 2.84. The molecule has 0 aliphatic carbocycles. The van der Waals surface area contributed by atoms with Crippen molar-refractivity contribution in [2.75, 3.05) is 13.7 Å². The summed E-state index contributed by atoms with van der Waals surface area (Å²) in [5, 5.41) is 6.40. The molecule has 0 saturated carbocycles. The van der Waals surface area contributed by atoms with Gasteiger partial charge in [-0.15, -0.1) is 0 Å². The van der Waals surface area contributed by atoms with E-state index in [1.807, 2.05) is 0 Å². The highest BCUT2D eigenvalue weighted by Gasteiger charge is 2.12. The zero-order valence-corrected chi connectivity index (χ0v) is 19.2. The van der Waals surface area contributed by atoms with Crippen LogP contribution in [0.1, 0.15) is 26.3 Å². The van der Waals surface area contributed by atoms with Crippen LogP contribution >= 0.6 is 15.9 Å². The van der Waals surface area contributed by atoms with Gasteiger partial charge in [0.2, 0.25) is 0 Å². The van der Waals surface area contributed by atoms with Crippen LogP contribution in [0.15, 0.2) is 82.4 Å². The predicted octanol–water partition coefficient (Wildman–Crippen LogP) is 3.56. The van der Waals surface area contributed by atoms with E-state index in [-0.39, 0.29) is 12.3 Å². The number of carbonyl (C=O) groups is 3. The second-order valence-corrected chi connectivity index (χ2v) is 7.56. The number of hydrazone groups is 1. The molecule has 3 aromatic carbocycles. The van der Waals surface area contributed by atoms with Gasteiger partial charge in [-0.25, -0.2) is 10.2 Å². The van der Waals surface area contributed by atoms with Crippen LogP contribution in [0.2, 0.25) is 0 Å². The van der Waals surface area contributed by atoms with Crippen LogP contribution in [0, 0.1) is 0 Å². The first-order valence-corrected chi connectivity index (χ1v) is 10.6. The van der Waals surface area contributed by atoms with Crippen molar-refractivity contribution < 1.29 is 23.9 Å². The molecule has 0 fully saturated rings. The number of rotatable bonds is 8. The largest absolute Gasteiger partial charge is 0.497 e. The van der Waals surface area contributed by atoms with Gasteiger partial charge < -0.3 is 14.8 Å². The van der Waals surface area contributed by atoms with Crippen molar-refractivity contribution >= 4 is 39.9 Å². The van der Waals surface area contributed by atoms with Crippen molar-refractivity contribution in [3.63, 3.8) is 0 Å². The molecule has 0 aliphatic rings. The summed E-state index contributed by atoms with van der Waals surface area (Å²) in [6.07, 6.45) is 1.35. The summed E-state index contributed by atoms with van der Waals surface area (Å²) >= 11 is 3.36. The molecule has 2 N–H and O–H groups in total. The minimum Gasteiger partial charge on any atom is -0.497 e. The maximum absolute atomic E-state index is 12.3. The standard InChI is InChI=1S/C24H20BrN3O5/c1-32-20-10-7-16(8-11-20)23(30)26-15-22(29)28-27-14-18-13-19(25)9-12-21(18)33-24(31)17-5-3-2-4-6-17/h2-14H,15H2,1H3,(H,26,30)(H,28,29)/b27-14+. The molecule has 0 saturated heterocycles. The fraction of sp³-hybridized carbons (Fsp3) is 0.0833. The monoisotopic (exact) mass is 509 g/mol. The zero-order valence-electron chi connectivity index (χ0n) is 17.6. The first-order chi connectivity index (χ1) is 16.0. The normalized spacial score (nSPS) is 10.5. The van der Waals surface area contributed by atoms with Crippen LogP contribution in [0.3, 0.4) is 0 Å². The molecule has 8 nitrogen and oxygen atoms in total.